The van der Waals surface area contributed by atoms with Crippen LogP contribution in [0.4, 0.5) is 0 Å². The van der Waals surface area contributed by atoms with E-state index in [9.17, 15) is 4.79 Å². The standard InChI is InChI=1S/C18H25NO3/c1-2-16(14-6-4-3-5-7-14)17(20)19-10-8-15(9-11-19)18-21-12-13-22-18/h3-7,15-16,18H,2,8-13H2,1H3. The quantitative estimate of drug-likeness (QED) is 0.858. The summed E-state index contributed by atoms with van der Waals surface area (Å²) in [5.41, 5.74) is 1.12. The molecule has 2 aliphatic heterocycles. The summed E-state index contributed by atoms with van der Waals surface area (Å²) in [5, 5.41) is 0. The van der Waals surface area contributed by atoms with Crippen molar-refractivity contribution in [3.8, 4) is 0 Å². The van der Waals surface area contributed by atoms with Crippen molar-refractivity contribution in [1.82, 2.24) is 4.90 Å². The fourth-order valence-electron chi connectivity index (χ4n) is 3.50. The summed E-state index contributed by atoms with van der Waals surface area (Å²) in [7, 11) is 0. The zero-order chi connectivity index (χ0) is 15.4. The lowest BCUT2D eigenvalue weighted by Crippen LogP contribution is -2.43. The lowest BCUT2D eigenvalue weighted by molar-refractivity contribution is -0.138. The third-order valence-electron chi connectivity index (χ3n) is 4.79. The molecule has 4 heteroatoms. The molecule has 0 aromatic heterocycles. The first-order chi connectivity index (χ1) is 10.8. The van der Waals surface area contributed by atoms with E-state index in [2.05, 4.69) is 19.1 Å². The molecule has 2 saturated heterocycles. The van der Waals surface area contributed by atoms with Crippen LogP contribution in [0.15, 0.2) is 30.3 Å². The van der Waals surface area contributed by atoms with E-state index in [1.165, 1.54) is 0 Å². The maximum Gasteiger partial charge on any atom is 0.230 e. The molecule has 2 fully saturated rings. The van der Waals surface area contributed by atoms with Gasteiger partial charge in [-0.05, 0) is 24.8 Å². The Hall–Kier alpha value is -1.39. The number of hydrogen-bond donors (Lipinski definition) is 0. The molecule has 0 saturated carbocycles. The van der Waals surface area contributed by atoms with Gasteiger partial charge >= 0.3 is 0 Å². The van der Waals surface area contributed by atoms with Gasteiger partial charge in [0.1, 0.15) is 0 Å². The van der Waals surface area contributed by atoms with Crippen LogP contribution in [-0.4, -0.2) is 43.4 Å². The number of likely N-dealkylation sites (tertiary alicyclic amines) is 1. The van der Waals surface area contributed by atoms with Crippen LogP contribution in [0.2, 0.25) is 0 Å². The van der Waals surface area contributed by atoms with Crippen LogP contribution < -0.4 is 0 Å². The zero-order valence-corrected chi connectivity index (χ0v) is 13.2. The monoisotopic (exact) mass is 303 g/mol. The second-order valence-electron chi connectivity index (χ2n) is 6.14. The fraction of sp³-hybridized carbons (Fsp3) is 0.611. The number of nitrogens with zero attached hydrogens (tertiary/aromatic N) is 1. The molecular weight excluding hydrogens is 278 g/mol. The van der Waals surface area contributed by atoms with Gasteiger partial charge in [0.25, 0.3) is 0 Å². The third-order valence-corrected chi connectivity index (χ3v) is 4.79. The highest BCUT2D eigenvalue weighted by atomic mass is 16.7. The van der Waals surface area contributed by atoms with Gasteiger partial charge in [-0.3, -0.25) is 4.79 Å². The molecule has 0 spiro atoms. The van der Waals surface area contributed by atoms with E-state index in [4.69, 9.17) is 9.47 Å². The van der Waals surface area contributed by atoms with Gasteiger partial charge in [-0.25, -0.2) is 0 Å². The minimum atomic E-state index is -0.0478. The molecule has 120 valence electrons. The van der Waals surface area contributed by atoms with Crippen LogP contribution in [0.25, 0.3) is 0 Å². The predicted molar refractivity (Wildman–Crippen MR) is 84.5 cm³/mol. The van der Waals surface area contributed by atoms with Gasteiger partial charge in [0.05, 0.1) is 19.1 Å². The molecule has 2 aliphatic rings. The summed E-state index contributed by atoms with van der Waals surface area (Å²) < 4.78 is 11.2. The largest absolute Gasteiger partial charge is 0.350 e. The van der Waals surface area contributed by atoms with Gasteiger partial charge in [0, 0.05) is 19.0 Å². The first-order valence-corrected chi connectivity index (χ1v) is 8.36. The van der Waals surface area contributed by atoms with Gasteiger partial charge in [-0.15, -0.1) is 0 Å². The van der Waals surface area contributed by atoms with Crippen molar-refractivity contribution in [3.05, 3.63) is 35.9 Å². The van der Waals surface area contributed by atoms with E-state index in [1.54, 1.807) is 0 Å². The molecule has 0 radical (unpaired) electrons. The van der Waals surface area contributed by atoms with Gasteiger partial charge in [0.15, 0.2) is 6.29 Å². The summed E-state index contributed by atoms with van der Waals surface area (Å²) in [4.78, 5) is 14.8. The molecule has 1 amide bonds. The Morgan fingerprint density at radius 2 is 1.82 bits per heavy atom. The predicted octanol–water partition coefficient (Wildman–Crippen LogP) is 2.79. The lowest BCUT2D eigenvalue weighted by Gasteiger charge is -2.35. The number of hydrogen-bond acceptors (Lipinski definition) is 3. The highest BCUT2D eigenvalue weighted by Gasteiger charge is 2.33. The number of amides is 1. The van der Waals surface area contributed by atoms with Crippen molar-refractivity contribution >= 4 is 5.91 Å². The molecule has 1 unspecified atom stereocenters. The summed E-state index contributed by atoms with van der Waals surface area (Å²) in [6, 6.07) is 10.1. The maximum absolute atomic E-state index is 12.8. The molecule has 1 aromatic carbocycles. The highest BCUT2D eigenvalue weighted by Crippen LogP contribution is 2.29. The van der Waals surface area contributed by atoms with Gasteiger partial charge in [-0.1, -0.05) is 37.3 Å². The molecule has 22 heavy (non-hydrogen) atoms. The first-order valence-electron chi connectivity index (χ1n) is 8.36. The van der Waals surface area contributed by atoms with Crippen LogP contribution in [0.1, 0.15) is 37.7 Å². The second kappa shape index (κ2) is 7.25. The van der Waals surface area contributed by atoms with Crippen LogP contribution in [-0.2, 0) is 14.3 Å². The Labute approximate surface area is 132 Å². The summed E-state index contributed by atoms with van der Waals surface area (Å²) in [5.74, 6) is 0.681. The second-order valence-corrected chi connectivity index (χ2v) is 6.14. The van der Waals surface area contributed by atoms with E-state index in [1.807, 2.05) is 23.1 Å². The van der Waals surface area contributed by atoms with E-state index < -0.39 is 0 Å². The molecule has 4 nitrogen and oxygen atoms in total. The SMILES string of the molecule is CCC(C(=O)N1CCC(C2OCCO2)CC1)c1ccccc1. The van der Waals surface area contributed by atoms with Crippen molar-refractivity contribution in [3.63, 3.8) is 0 Å². The van der Waals surface area contributed by atoms with E-state index in [0.717, 1.165) is 37.9 Å². The van der Waals surface area contributed by atoms with E-state index in [0.29, 0.717) is 19.1 Å². The number of piperidine rings is 1. The molecule has 1 atom stereocenters. The van der Waals surface area contributed by atoms with Crippen molar-refractivity contribution in [1.29, 1.82) is 0 Å². The fourth-order valence-corrected chi connectivity index (χ4v) is 3.50. The van der Waals surface area contributed by atoms with Crippen LogP contribution in [0.5, 0.6) is 0 Å². The zero-order valence-electron chi connectivity index (χ0n) is 13.2. The highest BCUT2D eigenvalue weighted by molar-refractivity contribution is 5.83. The average molecular weight is 303 g/mol. The first kappa shape index (κ1) is 15.5. The summed E-state index contributed by atoms with van der Waals surface area (Å²) in [6.07, 6.45) is 2.74. The van der Waals surface area contributed by atoms with Crippen molar-refractivity contribution < 1.29 is 14.3 Å². The number of benzene rings is 1. The Morgan fingerprint density at radius 3 is 2.41 bits per heavy atom. The van der Waals surface area contributed by atoms with Crippen molar-refractivity contribution in [2.75, 3.05) is 26.3 Å². The average Bonchev–Trinajstić information content (AvgIpc) is 3.11. The maximum atomic E-state index is 12.8. The minimum Gasteiger partial charge on any atom is -0.350 e. The smallest absolute Gasteiger partial charge is 0.230 e. The summed E-state index contributed by atoms with van der Waals surface area (Å²) >= 11 is 0. The van der Waals surface area contributed by atoms with Crippen molar-refractivity contribution in [2.24, 2.45) is 5.92 Å². The van der Waals surface area contributed by atoms with Crippen LogP contribution in [0.3, 0.4) is 0 Å². The topological polar surface area (TPSA) is 38.8 Å². The molecule has 0 bridgehead atoms. The van der Waals surface area contributed by atoms with E-state index >= 15 is 0 Å². The molecular formula is C18H25NO3. The molecule has 2 heterocycles. The molecule has 0 aliphatic carbocycles. The van der Waals surface area contributed by atoms with Gasteiger partial charge < -0.3 is 14.4 Å². The van der Waals surface area contributed by atoms with Gasteiger partial charge in [0.2, 0.25) is 5.91 Å². The number of ether oxygens (including phenoxy) is 2. The van der Waals surface area contributed by atoms with Gasteiger partial charge in [-0.2, -0.15) is 0 Å². The molecule has 1 aromatic rings. The Morgan fingerprint density at radius 1 is 1.18 bits per heavy atom. The number of carbonyl (C=O) groups excluding carboxylic acids is 1. The number of carbonyl (C=O) groups is 1. The summed E-state index contributed by atoms with van der Waals surface area (Å²) in [6.45, 7) is 5.13. The van der Waals surface area contributed by atoms with E-state index in [-0.39, 0.29) is 18.1 Å². The third kappa shape index (κ3) is 3.33. The Bertz CT molecular complexity index is 476. The Kier molecular flexibility index (Phi) is 5.11. The van der Waals surface area contributed by atoms with Crippen LogP contribution >= 0.6 is 0 Å². The lowest BCUT2D eigenvalue weighted by atomic mass is 9.91. The van der Waals surface area contributed by atoms with Crippen LogP contribution in [0, 0.1) is 5.92 Å². The number of rotatable bonds is 4. The molecule has 0 N–H and O–H groups in total. The molecule has 3 rings (SSSR count). The normalized spacial score (nSPS) is 22.0. The van der Waals surface area contributed by atoms with Crippen molar-refractivity contribution in [2.45, 2.75) is 38.4 Å². The Balaban J connectivity index is 1.58. The minimum absolute atomic E-state index is 0.0169.